The molecule has 0 spiro atoms. The predicted molar refractivity (Wildman–Crippen MR) is 164 cm³/mol. The number of anilines is 1. The average Bonchev–Trinajstić information content (AvgIpc) is 3.36. The molecule has 194 valence electrons. The van der Waals surface area contributed by atoms with E-state index >= 15 is 0 Å². The van der Waals surface area contributed by atoms with Crippen molar-refractivity contribution in [1.82, 2.24) is 9.88 Å². The molecule has 0 saturated carbocycles. The van der Waals surface area contributed by atoms with Crippen LogP contribution in [0.25, 0.3) is 34.3 Å². The molecular formula is C33H22ClN3O2S. The van der Waals surface area contributed by atoms with Crippen molar-refractivity contribution < 1.29 is 9.59 Å². The summed E-state index contributed by atoms with van der Waals surface area (Å²) >= 11 is 11.6. The maximum atomic E-state index is 13.8. The second-order valence-corrected chi connectivity index (χ2v) is 10.00. The van der Waals surface area contributed by atoms with Gasteiger partial charge in [0.2, 0.25) is 0 Å². The highest BCUT2D eigenvalue weighted by Gasteiger charge is 2.35. The van der Waals surface area contributed by atoms with Crippen LogP contribution in [0.2, 0.25) is 5.02 Å². The molecule has 7 heteroatoms. The number of thiocarbonyl (C=S) groups is 1. The van der Waals surface area contributed by atoms with Crippen molar-refractivity contribution in [3.05, 3.63) is 137 Å². The first-order chi connectivity index (χ1) is 19.5. The summed E-state index contributed by atoms with van der Waals surface area (Å²) in [7, 11) is 0. The Bertz CT molecular complexity index is 1780. The summed E-state index contributed by atoms with van der Waals surface area (Å²) in [6.45, 7) is 0. The summed E-state index contributed by atoms with van der Waals surface area (Å²) < 4.78 is 2.15. The fraction of sp³-hybridized carbons (Fsp3) is 0. The molecule has 1 aromatic heterocycles. The number of benzene rings is 4. The third-order valence-electron chi connectivity index (χ3n) is 6.63. The summed E-state index contributed by atoms with van der Waals surface area (Å²) in [5, 5.41) is 3.13. The second-order valence-electron chi connectivity index (χ2n) is 9.17. The van der Waals surface area contributed by atoms with Gasteiger partial charge in [0.15, 0.2) is 5.11 Å². The van der Waals surface area contributed by atoms with E-state index in [0.29, 0.717) is 16.3 Å². The van der Waals surface area contributed by atoms with E-state index in [9.17, 15) is 9.59 Å². The molecule has 0 radical (unpaired) electrons. The Morgan fingerprint density at radius 2 is 1.30 bits per heavy atom. The second kappa shape index (κ2) is 10.8. The van der Waals surface area contributed by atoms with E-state index in [1.807, 2.05) is 97.1 Å². The molecule has 5 aromatic rings. The van der Waals surface area contributed by atoms with E-state index < -0.39 is 11.8 Å². The van der Waals surface area contributed by atoms with E-state index in [0.717, 1.165) is 28.2 Å². The monoisotopic (exact) mass is 559 g/mol. The molecule has 1 saturated heterocycles. The quantitative estimate of drug-likeness (QED) is 0.140. The molecular weight excluding hydrogens is 538 g/mol. The van der Waals surface area contributed by atoms with Crippen LogP contribution in [-0.2, 0) is 9.59 Å². The van der Waals surface area contributed by atoms with E-state index in [2.05, 4.69) is 9.88 Å². The molecule has 1 aliphatic rings. The van der Waals surface area contributed by atoms with Crippen molar-refractivity contribution in [3.8, 4) is 28.2 Å². The summed E-state index contributed by atoms with van der Waals surface area (Å²) in [4.78, 5) is 28.3. The molecule has 4 aromatic carbocycles. The molecule has 2 amide bonds. The van der Waals surface area contributed by atoms with Crippen LogP contribution in [0.3, 0.4) is 0 Å². The molecule has 6 rings (SSSR count). The zero-order valence-corrected chi connectivity index (χ0v) is 22.7. The molecule has 1 N–H and O–H groups in total. The van der Waals surface area contributed by atoms with Crippen LogP contribution in [0, 0.1) is 0 Å². The number of nitrogens with zero attached hydrogens (tertiary/aromatic N) is 2. The maximum absolute atomic E-state index is 13.8. The number of para-hydroxylation sites is 1. The normalized spacial score (nSPS) is 14.5. The number of hydrogen-bond donors (Lipinski definition) is 1. The number of carbonyl (C=O) groups excluding carboxylic acids is 2. The number of hydrogen-bond acceptors (Lipinski definition) is 3. The first-order valence-corrected chi connectivity index (χ1v) is 13.4. The highest BCUT2D eigenvalue weighted by molar-refractivity contribution is 7.80. The van der Waals surface area contributed by atoms with Gasteiger partial charge in [-0.2, -0.15) is 0 Å². The number of rotatable bonds is 5. The molecule has 1 aliphatic heterocycles. The lowest BCUT2D eigenvalue weighted by molar-refractivity contribution is -0.122. The van der Waals surface area contributed by atoms with Crippen LogP contribution in [0.4, 0.5) is 5.69 Å². The summed E-state index contributed by atoms with van der Waals surface area (Å²) in [5.74, 6) is -1.08. The minimum atomic E-state index is -0.555. The van der Waals surface area contributed by atoms with Gasteiger partial charge in [-0.15, -0.1) is 0 Å². The Morgan fingerprint density at radius 3 is 1.95 bits per heavy atom. The van der Waals surface area contributed by atoms with Crippen molar-refractivity contribution in [2.75, 3.05) is 4.90 Å². The Morgan fingerprint density at radius 1 is 0.700 bits per heavy atom. The van der Waals surface area contributed by atoms with Crippen LogP contribution in [0.1, 0.15) is 5.56 Å². The highest BCUT2D eigenvalue weighted by atomic mass is 35.5. The van der Waals surface area contributed by atoms with Gasteiger partial charge in [-0.1, -0.05) is 96.5 Å². The maximum Gasteiger partial charge on any atom is 0.270 e. The Hall–Kier alpha value is -4.78. The van der Waals surface area contributed by atoms with Gasteiger partial charge in [0.25, 0.3) is 11.8 Å². The van der Waals surface area contributed by atoms with Crippen molar-refractivity contribution in [1.29, 1.82) is 0 Å². The Labute approximate surface area is 242 Å². The smallest absolute Gasteiger partial charge is 0.270 e. The zero-order valence-electron chi connectivity index (χ0n) is 21.1. The van der Waals surface area contributed by atoms with Crippen molar-refractivity contribution in [2.24, 2.45) is 0 Å². The number of nitrogens with one attached hydrogen (secondary N) is 1. The average molecular weight is 560 g/mol. The lowest BCUT2D eigenvalue weighted by atomic mass is 10.0. The fourth-order valence-electron chi connectivity index (χ4n) is 4.86. The van der Waals surface area contributed by atoms with Crippen LogP contribution in [0.15, 0.2) is 127 Å². The van der Waals surface area contributed by atoms with Gasteiger partial charge in [-0.25, -0.2) is 0 Å². The highest BCUT2D eigenvalue weighted by Crippen LogP contribution is 2.37. The Balaban J connectivity index is 1.59. The number of amides is 2. The van der Waals surface area contributed by atoms with E-state index in [-0.39, 0.29) is 10.7 Å². The van der Waals surface area contributed by atoms with Gasteiger partial charge in [-0.3, -0.25) is 19.8 Å². The van der Waals surface area contributed by atoms with Crippen LogP contribution in [0.5, 0.6) is 0 Å². The van der Waals surface area contributed by atoms with E-state index in [1.54, 1.807) is 30.3 Å². The topological polar surface area (TPSA) is 54.3 Å². The molecule has 0 unspecified atom stereocenters. The number of carbonyl (C=O) groups is 2. The minimum absolute atomic E-state index is 0.00419. The van der Waals surface area contributed by atoms with Crippen molar-refractivity contribution in [2.45, 2.75) is 0 Å². The van der Waals surface area contributed by atoms with Gasteiger partial charge < -0.3 is 4.57 Å². The van der Waals surface area contributed by atoms with Crippen LogP contribution < -0.4 is 10.2 Å². The molecule has 0 atom stereocenters. The molecule has 2 heterocycles. The zero-order chi connectivity index (χ0) is 27.6. The molecule has 5 nitrogen and oxygen atoms in total. The van der Waals surface area contributed by atoms with Gasteiger partial charge >= 0.3 is 0 Å². The summed E-state index contributed by atoms with van der Waals surface area (Å²) in [5.41, 5.74) is 5.81. The number of aromatic nitrogens is 1. The number of halogens is 1. The molecule has 40 heavy (non-hydrogen) atoms. The fourth-order valence-corrected chi connectivity index (χ4v) is 5.33. The third kappa shape index (κ3) is 4.75. The van der Waals surface area contributed by atoms with Crippen molar-refractivity contribution >= 4 is 52.5 Å². The first-order valence-electron chi connectivity index (χ1n) is 12.6. The molecule has 0 bridgehead atoms. The molecule has 1 fully saturated rings. The van der Waals surface area contributed by atoms with E-state index in [1.165, 1.54) is 4.90 Å². The summed E-state index contributed by atoms with van der Waals surface area (Å²) in [6.07, 6.45) is 1.64. The standard InChI is InChI=1S/C33H22ClN3O2S/c34-25-15-10-18-27(21-25)37-32(39)28(31(38)35-33(37)40)19-24-20-29(22-11-4-1-5-12-22)36(26-16-8-3-9-17-26)30(24)23-13-6-2-7-14-23/h1-21H,(H,35,38,40)/b28-19+. The third-order valence-corrected chi connectivity index (χ3v) is 7.15. The largest absolute Gasteiger partial charge is 0.309 e. The van der Waals surface area contributed by atoms with Crippen molar-refractivity contribution in [3.63, 3.8) is 0 Å². The SMILES string of the molecule is O=C1NC(=S)N(c2cccc(Cl)c2)C(=O)/C1=C/c1cc(-c2ccccc2)n(-c2ccccc2)c1-c1ccccc1. The lowest BCUT2D eigenvalue weighted by Gasteiger charge is -2.29. The lowest BCUT2D eigenvalue weighted by Crippen LogP contribution is -2.54. The molecule has 0 aliphatic carbocycles. The predicted octanol–water partition coefficient (Wildman–Crippen LogP) is 7.30. The Kier molecular flexibility index (Phi) is 6.86. The van der Waals surface area contributed by atoms with Gasteiger partial charge in [0.1, 0.15) is 5.57 Å². The van der Waals surface area contributed by atoms with Crippen LogP contribution >= 0.6 is 23.8 Å². The van der Waals surface area contributed by atoms with Crippen LogP contribution in [-0.4, -0.2) is 21.5 Å². The summed E-state index contributed by atoms with van der Waals surface area (Å²) in [6, 6.07) is 38.8. The van der Waals surface area contributed by atoms with Gasteiger partial charge in [0, 0.05) is 16.3 Å². The van der Waals surface area contributed by atoms with Gasteiger partial charge in [0.05, 0.1) is 17.1 Å². The van der Waals surface area contributed by atoms with E-state index in [4.69, 9.17) is 23.8 Å². The van der Waals surface area contributed by atoms with Gasteiger partial charge in [-0.05, 0) is 65.8 Å². The minimum Gasteiger partial charge on any atom is -0.309 e. The first kappa shape index (κ1) is 25.5.